The van der Waals surface area contributed by atoms with Crippen LogP contribution in [0.15, 0.2) is 24.8 Å². The molecule has 4 unspecified atom stereocenters. The van der Waals surface area contributed by atoms with Gasteiger partial charge < -0.3 is 18.9 Å². The zero-order valence-electron chi connectivity index (χ0n) is 29.5. The molecule has 2 saturated heterocycles. The molecule has 6 rings (SSSR count). The van der Waals surface area contributed by atoms with E-state index >= 15 is 0 Å². The second-order valence-electron chi connectivity index (χ2n) is 16.4. The highest BCUT2D eigenvalue weighted by molar-refractivity contribution is 5.87. The van der Waals surface area contributed by atoms with E-state index in [9.17, 15) is 9.59 Å². The molecule has 0 amide bonds. The zero-order chi connectivity index (χ0) is 32.9. The average molecular weight is 653 g/mol. The van der Waals surface area contributed by atoms with Crippen LogP contribution in [-0.4, -0.2) is 48.1 Å². The Morgan fingerprint density at radius 3 is 1.60 bits per heavy atom. The van der Waals surface area contributed by atoms with Crippen molar-refractivity contribution in [1.29, 1.82) is 0 Å². The van der Waals surface area contributed by atoms with Crippen molar-refractivity contribution in [1.82, 2.24) is 0 Å². The zero-order valence-corrected chi connectivity index (χ0v) is 29.5. The highest BCUT2D eigenvalue weighted by Gasteiger charge is 2.59. The largest absolute Gasteiger partial charge is 0.453 e. The van der Waals surface area contributed by atoms with Gasteiger partial charge in [-0.15, -0.1) is 0 Å². The van der Waals surface area contributed by atoms with E-state index in [0.29, 0.717) is 35.2 Å². The van der Waals surface area contributed by atoms with Gasteiger partial charge in [0.25, 0.3) is 0 Å². The Balaban J connectivity index is 1.21. The molecule has 47 heavy (non-hydrogen) atoms. The van der Waals surface area contributed by atoms with Crippen LogP contribution in [0.1, 0.15) is 155 Å². The Hall–Kier alpha value is -1.66. The van der Waals surface area contributed by atoms with Crippen LogP contribution < -0.4 is 0 Å². The lowest BCUT2D eigenvalue weighted by molar-refractivity contribution is -0.215. The number of esters is 2. The van der Waals surface area contributed by atoms with Gasteiger partial charge in [0.2, 0.25) is 0 Å². The number of hydrogen-bond donors (Lipinski definition) is 0. The molecule has 4 aliphatic carbocycles. The fraction of sp³-hybridized carbons (Fsp3) is 0.854. The Morgan fingerprint density at radius 1 is 0.617 bits per heavy atom. The molecule has 6 fully saturated rings. The van der Waals surface area contributed by atoms with Crippen molar-refractivity contribution in [3.8, 4) is 0 Å². The van der Waals surface area contributed by atoms with E-state index in [1.165, 1.54) is 63.9 Å². The van der Waals surface area contributed by atoms with Crippen LogP contribution in [0.5, 0.6) is 0 Å². The Labute approximate surface area is 285 Å². The fourth-order valence-electron chi connectivity index (χ4n) is 11.5. The second-order valence-corrected chi connectivity index (χ2v) is 16.4. The van der Waals surface area contributed by atoms with Gasteiger partial charge in [0, 0.05) is 41.9 Å². The summed E-state index contributed by atoms with van der Waals surface area (Å²) in [7, 11) is 0. The molecule has 6 heteroatoms. The molecule has 0 aromatic carbocycles. The average Bonchev–Trinajstić information content (AvgIpc) is 3.85. The lowest BCUT2D eigenvalue weighted by Gasteiger charge is -2.52. The van der Waals surface area contributed by atoms with Crippen molar-refractivity contribution in [2.75, 3.05) is 6.61 Å². The lowest BCUT2D eigenvalue weighted by atomic mass is 9.61. The van der Waals surface area contributed by atoms with Crippen LogP contribution in [0.3, 0.4) is 0 Å². The number of carbonyl (C=O) groups is 2. The predicted octanol–water partition coefficient (Wildman–Crippen LogP) is 9.59. The van der Waals surface area contributed by atoms with E-state index in [-0.39, 0.29) is 30.3 Å². The minimum atomic E-state index is -0.563. The van der Waals surface area contributed by atoms with Crippen LogP contribution in [0.2, 0.25) is 0 Å². The molecule has 2 aliphatic heterocycles. The minimum absolute atomic E-state index is 0.0197. The predicted molar refractivity (Wildman–Crippen MR) is 185 cm³/mol. The van der Waals surface area contributed by atoms with Crippen molar-refractivity contribution < 1.29 is 28.5 Å². The first-order chi connectivity index (χ1) is 22.9. The molecule has 0 radical (unpaired) electrons. The van der Waals surface area contributed by atoms with Crippen molar-refractivity contribution in [2.45, 2.75) is 184 Å². The van der Waals surface area contributed by atoms with Crippen LogP contribution in [0, 0.1) is 29.6 Å². The molecule has 6 nitrogen and oxygen atoms in total. The fourth-order valence-corrected chi connectivity index (χ4v) is 11.5. The molecule has 0 spiro atoms. The summed E-state index contributed by atoms with van der Waals surface area (Å²) in [5.41, 5.74) is -0.614. The highest BCUT2D eigenvalue weighted by Crippen LogP contribution is 2.54. The first-order valence-corrected chi connectivity index (χ1v) is 19.9. The van der Waals surface area contributed by atoms with Crippen molar-refractivity contribution >= 4 is 11.9 Å². The second kappa shape index (κ2) is 15.9. The molecule has 0 bridgehead atoms. The van der Waals surface area contributed by atoms with Gasteiger partial charge >= 0.3 is 11.9 Å². The highest BCUT2D eigenvalue weighted by atomic mass is 16.6. The molecule has 2 heterocycles. The number of ether oxygens (including phenoxy) is 4. The summed E-state index contributed by atoms with van der Waals surface area (Å²) >= 11 is 0. The summed E-state index contributed by atoms with van der Waals surface area (Å²) in [6, 6.07) is 0. The molecule has 0 aromatic heterocycles. The van der Waals surface area contributed by atoms with Crippen molar-refractivity contribution in [3.05, 3.63) is 24.8 Å². The number of rotatable bonds is 11. The van der Waals surface area contributed by atoms with Crippen LogP contribution in [-0.2, 0) is 28.5 Å². The number of carbonyl (C=O) groups excluding carboxylic acids is 2. The first kappa shape index (κ1) is 35.2. The smallest absolute Gasteiger partial charge is 0.333 e. The molecule has 0 N–H and O–H groups in total. The van der Waals surface area contributed by atoms with E-state index in [1.807, 2.05) is 0 Å². The van der Waals surface area contributed by atoms with E-state index in [4.69, 9.17) is 18.9 Å². The maximum absolute atomic E-state index is 13.3. The topological polar surface area (TPSA) is 71.1 Å². The third kappa shape index (κ3) is 7.30. The Kier molecular flexibility index (Phi) is 11.9. The minimum Gasteiger partial charge on any atom is -0.453 e. The van der Waals surface area contributed by atoms with Gasteiger partial charge in [-0.25, -0.2) is 9.59 Å². The first-order valence-electron chi connectivity index (χ1n) is 19.9. The summed E-state index contributed by atoms with van der Waals surface area (Å²) in [5, 5.41) is 0. The standard InChI is InChI=1S/C41H64O6/c1-4-38(42)46-41(32-17-10-6-11-18-32,33-19-12-7-13-20-33)37-27-26-35(45-37)30-22-24-34(25-23-30)40(36-21-14-28-44-36,47-39(43)29(2)3)31-15-8-5-9-16-31/h4,30-37H,1-2,5-28H2,3H3. The monoisotopic (exact) mass is 652 g/mol. The third-order valence-electron chi connectivity index (χ3n) is 13.7. The van der Waals surface area contributed by atoms with Crippen molar-refractivity contribution in [3.63, 3.8) is 0 Å². The molecule has 264 valence electrons. The molecular weight excluding hydrogens is 588 g/mol. The van der Waals surface area contributed by atoms with Gasteiger partial charge in [0.05, 0.1) is 18.3 Å². The molecule has 0 aromatic rings. The maximum atomic E-state index is 13.3. The summed E-state index contributed by atoms with van der Waals surface area (Å²) in [6.07, 6.45) is 27.6. The molecule has 4 atom stereocenters. The van der Waals surface area contributed by atoms with Gasteiger partial charge in [-0.3, -0.25) is 0 Å². The summed E-state index contributed by atoms with van der Waals surface area (Å²) in [6.45, 7) is 10.3. The van der Waals surface area contributed by atoms with E-state index in [0.717, 1.165) is 96.5 Å². The quantitative estimate of drug-likeness (QED) is 0.164. The molecule has 4 saturated carbocycles. The van der Waals surface area contributed by atoms with E-state index in [2.05, 4.69) is 13.2 Å². The Morgan fingerprint density at radius 2 is 1.13 bits per heavy atom. The van der Waals surface area contributed by atoms with Gasteiger partial charge in [-0.05, 0) is 103 Å². The summed E-state index contributed by atoms with van der Waals surface area (Å²) in [5.74, 6) is 1.34. The van der Waals surface area contributed by atoms with Gasteiger partial charge in [-0.2, -0.15) is 0 Å². The van der Waals surface area contributed by atoms with Gasteiger partial charge in [0.15, 0.2) is 0 Å². The molecule has 6 aliphatic rings. The summed E-state index contributed by atoms with van der Waals surface area (Å²) in [4.78, 5) is 26.4. The normalized spacial score (nSPS) is 33.2. The van der Waals surface area contributed by atoms with Crippen LogP contribution in [0.4, 0.5) is 0 Å². The summed E-state index contributed by atoms with van der Waals surface area (Å²) < 4.78 is 27.1. The number of hydrogen-bond acceptors (Lipinski definition) is 6. The van der Waals surface area contributed by atoms with Gasteiger partial charge in [-0.1, -0.05) is 70.9 Å². The van der Waals surface area contributed by atoms with Crippen molar-refractivity contribution in [2.24, 2.45) is 29.6 Å². The van der Waals surface area contributed by atoms with Crippen LogP contribution >= 0.6 is 0 Å². The van der Waals surface area contributed by atoms with E-state index < -0.39 is 11.2 Å². The lowest BCUT2D eigenvalue weighted by Crippen LogP contribution is -2.59. The maximum Gasteiger partial charge on any atom is 0.333 e. The Bertz CT molecular complexity index is 1050. The SMILES string of the molecule is C=CC(=O)OC(C1CCCCC1)(C1CCCCC1)C1CCC(C2CCC(C(OC(=O)C(=C)C)(C3CCCCC3)C3CCCO3)CC2)O1. The van der Waals surface area contributed by atoms with Crippen LogP contribution in [0.25, 0.3) is 0 Å². The van der Waals surface area contributed by atoms with E-state index in [1.54, 1.807) is 6.92 Å². The third-order valence-corrected chi connectivity index (χ3v) is 13.7. The molecular formula is C41H64O6. The van der Waals surface area contributed by atoms with Gasteiger partial charge in [0.1, 0.15) is 11.2 Å².